The Morgan fingerprint density at radius 3 is 2.17 bits per heavy atom. The second-order valence-electron chi connectivity index (χ2n) is 5.18. The van der Waals surface area contributed by atoms with Crippen molar-refractivity contribution in [1.82, 2.24) is 9.97 Å². The maximum absolute atomic E-state index is 10.1. The normalized spacial score (nSPS) is 12.4. The first-order valence-electron chi connectivity index (χ1n) is 5.81. The van der Waals surface area contributed by atoms with Crippen LogP contribution in [0.4, 0.5) is 11.6 Å². The molecule has 0 aliphatic carbocycles. The molecule has 0 aliphatic rings. The van der Waals surface area contributed by atoms with Gasteiger partial charge in [-0.05, 0) is 34.0 Å². The molecule has 0 unspecified atom stereocenters. The summed E-state index contributed by atoms with van der Waals surface area (Å²) in [5, 5.41) is 17.1. The maximum atomic E-state index is 10.1. The Balaban J connectivity index is 3.04. The maximum Gasteiger partial charge on any atom is 0.191 e. The number of rotatable bonds is 5. The van der Waals surface area contributed by atoms with Gasteiger partial charge >= 0.3 is 0 Å². The standard InChI is InChI=1S/C12H22N4OS/c1-11(2,12(3,4)17)16-9-7-8(13-5)14-10(15-9)18-6/h7,17H,1-6H3,(H2,13,14,15,16). The molecule has 18 heavy (non-hydrogen) atoms. The molecule has 0 bridgehead atoms. The number of nitrogens with one attached hydrogen (secondary N) is 2. The Bertz CT molecular complexity index is 393. The van der Waals surface area contributed by atoms with Crippen LogP contribution < -0.4 is 10.6 Å². The molecule has 102 valence electrons. The average Bonchev–Trinajstić information content (AvgIpc) is 2.26. The predicted molar refractivity (Wildman–Crippen MR) is 77.4 cm³/mol. The largest absolute Gasteiger partial charge is 0.388 e. The van der Waals surface area contributed by atoms with Gasteiger partial charge in [0.2, 0.25) is 0 Å². The van der Waals surface area contributed by atoms with Crippen LogP contribution in [0.2, 0.25) is 0 Å². The van der Waals surface area contributed by atoms with E-state index in [9.17, 15) is 5.11 Å². The molecule has 5 nitrogen and oxygen atoms in total. The third-order valence-electron chi connectivity index (χ3n) is 3.11. The highest BCUT2D eigenvalue weighted by Crippen LogP contribution is 2.26. The Morgan fingerprint density at radius 1 is 1.17 bits per heavy atom. The molecule has 0 saturated heterocycles. The molecular weight excluding hydrogens is 248 g/mol. The Labute approximate surface area is 113 Å². The number of anilines is 2. The molecule has 6 heteroatoms. The van der Waals surface area contributed by atoms with E-state index in [-0.39, 0.29) is 0 Å². The lowest BCUT2D eigenvalue weighted by Crippen LogP contribution is -2.51. The molecule has 1 aromatic heterocycles. The number of aromatic nitrogens is 2. The van der Waals surface area contributed by atoms with Gasteiger partial charge in [0, 0.05) is 13.1 Å². The van der Waals surface area contributed by atoms with Gasteiger partial charge in [-0.2, -0.15) is 0 Å². The molecule has 0 spiro atoms. The van der Waals surface area contributed by atoms with Gasteiger partial charge in [-0.1, -0.05) is 11.8 Å². The van der Waals surface area contributed by atoms with Crippen LogP contribution in [0.25, 0.3) is 0 Å². The van der Waals surface area contributed by atoms with E-state index in [1.165, 1.54) is 11.8 Å². The number of thioether (sulfide) groups is 1. The van der Waals surface area contributed by atoms with Crippen molar-refractivity contribution in [2.75, 3.05) is 23.9 Å². The molecule has 3 N–H and O–H groups in total. The van der Waals surface area contributed by atoms with Gasteiger partial charge in [0.15, 0.2) is 5.16 Å². The molecule has 0 atom stereocenters. The van der Waals surface area contributed by atoms with Crippen LogP contribution in [0.5, 0.6) is 0 Å². The van der Waals surface area contributed by atoms with Gasteiger partial charge in [0.25, 0.3) is 0 Å². The number of aliphatic hydroxyl groups is 1. The fourth-order valence-electron chi connectivity index (χ4n) is 1.18. The monoisotopic (exact) mass is 270 g/mol. The van der Waals surface area contributed by atoms with Crippen LogP contribution >= 0.6 is 11.8 Å². The smallest absolute Gasteiger partial charge is 0.191 e. The molecule has 0 amide bonds. The zero-order valence-corrected chi connectivity index (χ0v) is 12.6. The summed E-state index contributed by atoms with van der Waals surface area (Å²) in [6, 6.07) is 1.83. The zero-order chi connectivity index (χ0) is 14.0. The first-order valence-corrected chi connectivity index (χ1v) is 7.03. The van der Waals surface area contributed by atoms with E-state index >= 15 is 0 Å². The highest BCUT2D eigenvalue weighted by atomic mass is 32.2. The van der Waals surface area contributed by atoms with Gasteiger partial charge < -0.3 is 15.7 Å². The SMILES string of the molecule is CNc1cc(NC(C)(C)C(C)(C)O)nc(SC)n1. The van der Waals surface area contributed by atoms with Gasteiger partial charge in [0.05, 0.1) is 11.1 Å². The van der Waals surface area contributed by atoms with Crippen LogP contribution in [0, 0.1) is 0 Å². The third kappa shape index (κ3) is 3.49. The molecule has 1 rings (SSSR count). The van der Waals surface area contributed by atoms with E-state index in [1.807, 2.05) is 33.2 Å². The molecular formula is C12H22N4OS. The quantitative estimate of drug-likeness (QED) is 0.563. The number of hydrogen-bond donors (Lipinski definition) is 3. The van der Waals surface area contributed by atoms with Crippen molar-refractivity contribution in [3.05, 3.63) is 6.07 Å². The molecule has 1 heterocycles. The van der Waals surface area contributed by atoms with Crippen LogP contribution in [-0.4, -0.2) is 39.5 Å². The van der Waals surface area contributed by atoms with E-state index in [2.05, 4.69) is 20.6 Å². The number of hydrogen-bond acceptors (Lipinski definition) is 6. The second kappa shape index (κ2) is 5.32. The summed E-state index contributed by atoms with van der Waals surface area (Å²) < 4.78 is 0. The fourth-order valence-corrected chi connectivity index (χ4v) is 1.56. The topological polar surface area (TPSA) is 70.1 Å². The summed E-state index contributed by atoms with van der Waals surface area (Å²) >= 11 is 1.48. The minimum absolute atomic E-state index is 0.498. The lowest BCUT2D eigenvalue weighted by atomic mass is 9.86. The third-order valence-corrected chi connectivity index (χ3v) is 3.66. The Hall–Kier alpha value is -1.01. The molecule has 0 aromatic carbocycles. The van der Waals surface area contributed by atoms with Crippen LogP contribution in [0.1, 0.15) is 27.7 Å². The van der Waals surface area contributed by atoms with Crippen molar-refractivity contribution < 1.29 is 5.11 Å². The van der Waals surface area contributed by atoms with Gasteiger partial charge in [-0.3, -0.25) is 0 Å². The van der Waals surface area contributed by atoms with Crippen molar-refractivity contribution in [1.29, 1.82) is 0 Å². The lowest BCUT2D eigenvalue weighted by Gasteiger charge is -2.38. The van der Waals surface area contributed by atoms with E-state index in [4.69, 9.17) is 0 Å². The van der Waals surface area contributed by atoms with Gasteiger partial charge in [-0.15, -0.1) is 0 Å². The summed E-state index contributed by atoms with van der Waals surface area (Å²) in [5.41, 5.74) is -1.36. The summed E-state index contributed by atoms with van der Waals surface area (Å²) in [6.07, 6.45) is 1.93. The first kappa shape index (κ1) is 15.0. The highest BCUT2D eigenvalue weighted by molar-refractivity contribution is 7.98. The second-order valence-corrected chi connectivity index (χ2v) is 5.96. The molecule has 0 aliphatic heterocycles. The van der Waals surface area contributed by atoms with Crippen molar-refractivity contribution >= 4 is 23.4 Å². The van der Waals surface area contributed by atoms with Crippen LogP contribution in [0.15, 0.2) is 11.2 Å². The predicted octanol–water partition coefficient (Wildman–Crippen LogP) is 2.20. The Morgan fingerprint density at radius 2 is 1.72 bits per heavy atom. The molecule has 0 saturated carbocycles. The fraction of sp³-hybridized carbons (Fsp3) is 0.667. The van der Waals surface area contributed by atoms with Crippen molar-refractivity contribution in [3.63, 3.8) is 0 Å². The highest BCUT2D eigenvalue weighted by Gasteiger charge is 2.35. The molecule has 0 radical (unpaired) electrons. The summed E-state index contributed by atoms with van der Waals surface area (Å²) in [6.45, 7) is 7.42. The zero-order valence-electron chi connectivity index (χ0n) is 11.8. The van der Waals surface area contributed by atoms with Crippen molar-refractivity contribution in [2.45, 2.75) is 44.0 Å². The molecule has 0 fully saturated rings. The van der Waals surface area contributed by atoms with Gasteiger partial charge in [-0.25, -0.2) is 9.97 Å². The van der Waals surface area contributed by atoms with E-state index in [1.54, 1.807) is 13.8 Å². The average molecular weight is 270 g/mol. The Kier molecular flexibility index (Phi) is 4.45. The minimum Gasteiger partial charge on any atom is -0.388 e. The summed E-state index contributed by atoms with van der Waals surface area (Å²) in [4.78, 5) is 8.69. The number of nitrogens with zero attached hydrogens (tertiary/aromatic N) is 2. The van der Waals surface area contributed by atoms with Gasteiger partial charge in [0.1, 0.15) is 11.6 Å². The van der Waals surface area contributed by atoms with E-state index < -0.39 is 11.1 Å². The lowest BCUT2D eigenvalue weighted by molar-refractivity contribution is 0.0238. The molecule has 1 aromatic rings. The summed E-state index contributed by atoms with van der Waals surface area (Å²) in [7, 11) is 1.82. The summed E-state index contributed by atoms with van der Waals surface area (Å²) in [5.74, 6) is 1.45. The van der Waals surface area contributed by atoms with Crippen LogP contribution in [-0.2, 0) is 0 Å². The van der Waals surface area contributed by atoms with Crippen molar-refractivity contribution in [3.8, 4) is 0 Å². The van der Waals surface area contributed by atoms with E-state index in [0.717, 1.165) is 5.82 Å². The van der Waals surface area contributed by atoms with Crippen molar-refractivity contribution in [2.24, 2.45) is 0 Å². The van der Waals surface area contributed by atoms with E-state index in [0.29, 0.717) is 11.0 Å². The first-order chi connectivity index (χ1) is 8.19. The van der Waals surface area contributed by atoms with Crippen LogP contribution in [0.3, 0.4) is 0 Å². The minimum atomic E-state index is -0.864.